The van der Waals surface area contributed by atoms with Crippen molar-refractivity contribution in [3.63, 3.8) is 0 Å². The minimum atomic E-state index is -0.283. The lowest BCUT2D eigenvalue weighted by Gasteiger charge is -2.14. The lowest BCUT2D eigenvalue weighted by atomic mass is 10.1. The molecule has 3 rings (SSSR count). The third-order valence-electron chi connectivity index (χ3n) is 4.74. The largest absolute Gasteiger partial charge is 0.442 e. The highest BCUT2D eigenvalue weighted by Crippen LogP contribution is 2.20. The fourth-order valence-electron chi connectivity index (χ4n) is 3.37. The van der Waals surface area contributed by atoms with Gasteiger partial charge in [-0.2, -0.15) is 0 Å². The van der Waals surface area contributed by atoms with Gasteiger partial charge in [-0.3, -0.25) is 14.2 Å². The van der Waals surface area contributed by atoms with E-state index in [0.29, 0.717) is 37.4 Å². The second kappa shape index (κ2) is 8.46. The van der Waals surface area contributed by atoms with Crippen LogP contribution in [-0.4, -0.2) is 60.3 Å². The SMILES string of the molecule is COCCCn1cnc2oc(C)c(C(=O)NCCN3CCCC3)c2c1=O. The summed E-state index contributed by atoms with van der Waals surface area (Å²) in [5.41, 5.74) is 0.243. The number of methoxy groups -OCH3 is 1. The molecule has 2 aromatic rings. The Labute approximate surface area is 152 Å². The molecule has 0 spiro atoms. The smallest absolute Gasteiger partial charge is 0.265 e. The number of nitrogens with zero attached hydrogens (tertiary/aromatic N) is 3. The number of ether oxygens (including phenoxy) is 1. The van der Waals surface area contributed by atoms with Crippen molar-refractivity contribution in [3.8, 4) is 0 Å². The summed E-state index contributed by atoms with van der Waals surface area (Å²) in [5, 5.41) is 3.16. The quantitative estimate of drug-likeness (QED) is 0.709. The van der Waals surface area contributed by atoms with Gasteiger partial charge >= 0.3 is 0 Å². The van der Waals surface area contributed by atoms with Crippen LogP contribution in [0.1, 0.15) is 35.4 Å². The first-order valence-electron chi connectivity index (χ1n) is 9.10. The predicted molar refractivity (Wildman–Crippen MR) is 97.5 cm³/mol. The Balaban J connectivity index is 1.77. The van der Waals surface area contributed by atoms with Crippen LogP contribution in [0.5, 0.6) is 0 Å². The third-order valence-corrected chi connectivity index (χ3v) is 4.74. The molecule has 1 fully saturated rings. The van der Waals surface area contributed by atoms with Crippen LogP contribution in [0, 0.1) is 6.92 Å². The van der Waals surface area contributed by atoms with Gasteiger partial charge in [0.25, 0.3) is 11.5 Å². The van der Waals surface area contributed by atoms with Gasteiger partial charge in [0.05, 0.1) is 5.56 Å². The van der Waals surface area contributed by atoms with Crippen LogP contribution in [0.25, 0.3) is 11.1 Å². The summed E-state index contributed by atoms with van der Waals surface area (Å²) in [4.78, 5) is 32.0. The normalized spacial score (nSPS) is 15.0. The predicted octanol–water partition coefficient (Wildman–Crippen LogP) is 1.16. The molecule has 1 aliphatic heterocycles. The van der Waals surface area contributed by atoms with Crippen LogP contribution in [0.2, 0.25) is 0 Å². The lowest BCUT2D eigenvalue weighted by molar-refractivity contribution is 0.0949. The van der Waals surface area contributed by atoms with E-state index >= 15 is 0 Å². The highest BCUT2D eigenvalue weighted by Gasteiger charge is 2.23. The van der Waals surface area contributed by atoms with Crippen LogP contribution in [0.15, 0.2) is 15.5 Å². The summed E-state index contributed by atoms with van der Waals surface area (Å²) in [5.74, 6) is 0.131. The monoisotopic (exact) mass is 362 g/mol. The minimum absolute atomic E-state index is 0.209. The standard InChI is InChI=1S/C18H26N4O4/c1-13-14(16(23)19-6-10-21-7-3-4-8-21)15-17(26-13)20-12-22(18(15)24)9-5-11-25-2/h12H,3-11H2,1-2H3,(H,19,23). The van der Waals surface area contributed by atoms with Crippen LogP contribution in [-0.2, 0) is 11.3 Å². The summed E-state index contributed by atoms with van der Waals surface area (Å²) >= 11 is 0. The number of amides is 1. The van der Waals surface area contributed by atoms with Crippen molar-refractivity contribution in [2.45, 2.75) is 32.7 Å². The summed E-state index contributed by atoms with van der Waals surface area (Å²) in [6.07, 6.45) is 4.58. The van der Waals surface area contributed by atoms with E-state index in [1.54, 1.807) is 14.0 Å². The maximum Gasteiger partial charge on any atom is 0.265 e. The fourth-order valence-corrected chi connectivity index (χ4v) is 3.37. The molecule has 3 heterocycles. The Morgan fingerprint density at radius 3 is 2.85 bits per heavy atom. The Bertz CT molecular complexity index is 820. The number of carbonyl (C=O) groups is 1. The van der Waals surface area contributed by atoms with Gasteiger partial charge in [-0.1, -0.05) is 0 Å². The van der Waals surface area contributed by atoms with Gasteiger partial charge in [0.1, 0.15) is 17.5 Å². The molecule has 0 aliphatic carbocycles. The van der Waals surface area contributed by atoms with Gasteiger partial charge < -0.3 is 19.4 Å². The number of aromatic nitrogens is 2. The Hall–Kier alpha value is -2.19. The van der Waals surface area contributed by atoms with E-state index in [9.17, 15) is 9.59 Å². The molecule has 0 radical (unpaired) electrons. The number of likely N-dealkylation sites (tertiary alicyclic amines) is 1. The maximum atomic E-state index is 12.8. The molecule has 0 atom stereocenters. The van der Waals surface area contributed by atoms with Gasteiger partial charge in [-0.25, -0.2) is 4.98 Å². The summed E-state index contributed by atoms with van der Waals surface area (Å²) in [7, 11) is 1.62. The number of carbonyl (C=O) groups excluding carboxylic acids is 1. The highest BCUT2D eigenvalue weighted by molar-refractivity contribution is 6.06. The first-order valence-corrected chi connectivity index (χ1v) is 9.10. The molecular formula is C18H26N4O4. The molecule has 0 bridgehead atoms. The first-order chi connectivity index (χ1) is 12.6. The van der Waals surface area contributed by atoms with Crippen LogP contribution < -0.4 is 10.9 Å². The van der Waals surface area contributed by atoms with E-state index in [2.05, 4.69) is 15.2 Å². The van der Waals surface area contributed by atoms with Crippen molar-refractivity contribution >= 4 is 17.0 Å². The first kappa shape index (κ1) is 18.6. The van der Waals surface area contributed by atoms with Crippen molar-refractivity contribution in [1.82, 2.24) is 19.8 Å². The van der Waals surface area contributed by atoms with Crippen molar-refractivity contribution < 1.29 is 13.9 Å². The van der Waals surface area contributed by atoms with E-state index in [4.69, 9.17) is 9.15 Å². The molecule has 2 aromatic heterocycles. The molecule has 0 saturated carbocycles. The molecule has 0 unspecified atom stereocenters. The second-order valence-electron chi connectivity index (χ2n) is 6.61. The highest BCUT2D eigenvalue weighted by atomic mass is 16.5. The van der Waals surface area contributed by atoms with Crippen molar-refractivity contribution in [2.24, 2.45) is 0 Å². The van der Waals surface area contributed by atoms with E-state index in [1.807, 2.05) is 0 Å². The summed E-state index contributed by atoms with van der Waals surface area (Å²) in [6, 6.07) is 0. The van der Waals surface area contributed by atoms with Gasteiger partial charge in [-0.15, -0.1) is 0 Å². The van der Waals surface area contributed by atoms with Crippen molar-refractivity contribution in [3.05, 3.63) is 28.0 Å². The number of hydrogen-bond donors (Lipinski definition) is 1. The second-order valence-corrected chi connectivity index (χ2v) is 6.61. The topological polar surface area (TPSA) is 89.6 Å². The zero-order valence-electron chi connectivity index (χ0n) is 15.4. The van der Waals surface area contributed by atoms with Gasteiger partial charge in [0, 0.05) is 33.4 Å². The number of nitrogens with one attached hydrogen (secondary N) is 1. The molecule has 8 nitrogen and oxygen atoms in total. The van der Waals surface area contributed by atoms with Crippen LogP contribution >= 0.6 is 0 Å². The number of hydrogen-bond acceptors (Lipinski definition) is 6. The number of furan rings is 1. The summed E-state index contributed by atoms with van der Waals surface area (Å²) < 4.78 is 12.1. The van der Waals surface area contributed by atoms with Crippen molar-refractivity contribution in [1.29, 1.82) is 0 Å². The number of aryl methyl sites for hydroxylation is 2. The van der Waals surface area contributed by atoms with E-state index in [0.717, 1.165) is 19.6 Å². The third kappa shape index (κ3) is 3.96. The molecule has 1 saturated heterocycles. The molecule has 8 heteroatoms. The maximum absolute atomic E-state index is 12.8. The molecule has 1 aliphatic rings. The molecule has 1 N–H and O–H groups in total. The Kier molecular flexibility index (Phi) is 6.05. The molecular weight excluding hydrogens is 336 g/mol. The Morgan fingerprint density at radius 2 is 2.12 bits per heavy atom. The molecule has 0 aromatic carbocycles. The number of rotatable bonds is 8. The van der Waals surface area contributed by atoms with E-state index in [1.165, 1.54) is 23.7 Å². The zero-order valence-corrected chi connectivity index (χ0v) is 15.4. The average Bonchev–Trinajstić information content (AvgIpc) is 3.24. The average molecular weight is 362 g/mol. The van der Waals surface area contributed by atoms with Crippen LogP contribution in [0.4, 0.5) is 0 Å². The zero-order chi connectivity index (χ0) is 18.5. The lowest BCUT2D eigenvalue weighted by Crippen LogP contribution is -2.34. The van der Waals surface area contributed by atoms with E-state index < -0.39 is 0 Å². The fraction of sp³-hybridized carbons (Fsp3) is 0.611. The Morgan fingerprint density at radius 1 is 1.35 bits per heavy atom. The van der Waals surface area contributed by atoms with Gasteiger partial charge in [0.2, 0.25) is 5.71 Å². The van der Waals surface area contributed by atoms with E-state index in [-0.39, 0.29) is 22.6 Å². The van der Waals surface area contributed by atoms with Crippen LogP contribution in [0.3, 0.4) is 0 Å². The molecule has 26 heavy (non-hydrogen) atoms. The molecule has 1 amide bonds. The summed E-state index contributed by atoms with van der Waals surface area (Å²) in [6.45, 7) is 6.26. The van der Waals surface area contributed by atoms with Gasteiger partial charge in [0.15, 0.2) is 0 Å². The van der Waals surface area contributed by atoms with Crippen molar-refractivity contribution in [2.75, 3.05) is 39.9 Å². The van der Waals surface area contributed by atoms with Gasteiger partial charge in [-0.05, 0) is 39.3 Å². The minimum Gasteiger partial charge on any atom is -0.442 e. The number of fused-ring (bicyclic) bond motifs is 1. The molecule has 142 valence electrons.